The highest BCUT2D eigenvalue weighted by molar-refractivity contribution is 7.99. The van der Waals surface area contributed by atoms with Crippen LogP contribution in [0.4, 0.5) is 0 Å². The van der Waals surface area contributed by atoms with E-state index in [1.165, 1.54) is 11.8 Å². The summed E-state index contributed by atoms with van der Waals surface area (Å²) in [5.41, 5.74) is 2.23. The van der Waals surface area contributed by atoms with Crippen LogP contribution in [0.1, 0.15) is 29.1 Å². The quantitative estimate of drug-likeness (QED) is 0.331. The van der Waals surface area contributed by atoms with Crippen molar-refractivity contribution in [3.05, 3.63) is 69.4 Å². The Morgan fingerprint density at radius 3 is 2.68 bits per heavy atom. The molecular weight excluding hydrogens is 438 g/mol. The van der Waals surface area contributed by atoms with Crippen LogP contribution in [0.15, 0.2) is 56.8 Å². The van der Waals surface area contributed by atoms with E-state index in [-0.39, 0.29) is 17.6 Å². The number of H-pyrrole nitrogens is 1. The summed E-state index contributed by atoms with van der Waals surface area (Å²) >= 11 is 7.35. The van der Waals surface area contributed by atoms with Gasteiger partial charge in [0.05, 0.1) is 17.3 Å². The van der Waals surface area contributed by atoms with Gasteiger partial charge in [0.15, 0.2) is 22.3 Å². The molecule has 2 aromatic heterocycles. The Morgan fingerprint density at radius 2 is 1.97 bits per heavy atom. The molecule has 0 aliphatic carbocycles. The summed E-state index contributed by atoms with van der Waals surface area (Å²) in [7, 11) is 3.94. The fourth-order valence-electron chi connectivity index (χ4n) is 3.04. The minimum absolute atomic E-state index is 0.00660. The number of fused-ring (bicyclic) bond motifs is 1. The molecule has 0 amide bonds. The van der Waals surface area contributed by atoms with E-state index >= 15 is 0 Å². The van der Waals surface area contributed by atoms with Gasteiger partial charge in [0.2, 0.25) is 0 Å². The Kier molecular flexibility index (Phi) is 5.99. The minimum atomic E-state index is -0.549. The number of rotatable bonds is 7. The third-order valence-corrected chi connectivity index (χ3v) is 6.15. The number of aromatic nitrogens is 4. The van der Waals surface area contributed by atoms with Crippen LogP contribution in [0, 0.1) is 0 Å². The van der Waals surface area contributed by atoms with E-state index in [1.54, 1.807) is 30.3 Å². The average Bonchev–Trinajstić information content (AvgIpc) is 3.33. The van der Waals surface area contributed by atoms with Gasteiger partial charge >= 0.3 is 5.76 Å². The molecule has 2 heterocycles. The van der Waals surface area contributed by atoms with Crippen LogP contribution < -0.4 is 5.76 Å². The number of hydrogen-bond acceptors (Lipinski definition) is 7. The minimum Gasteiger partial charge on any atom is -0.408 e. The summed E-state index contributed by atoms with van der Waals surface area (Å²) in [6.45, 7) is 2.04. The van der Waals surface area contributed by atoms with Gasteiger partial charge in [0.25, 0.3) is 0 Å². The van der Waals surface area contributed by atoms with Gasteiger partial charge in [-0.1, -0.05) is 23.4 Å². The normalized spacial score (nSPS) is 12.5. The van der Waals surface area contributed by atoms with Gasteiger partial charge in [0.1, 0.15) is 0 Å². The van der Waals surface area contributed by atoms with Crippen LogP contribution >= 0.6 is 23.4 Å². The fourth-order valence-corrected chi connectivity index (χ4v) is 4.02. The zero-order valence-electron chi connectivity index (χ0n) is 17.1. The SMILES string of the molecule is C[C@H](c1nnc(SCC(=O)c2ccc3[nH]c(=O)oc3c2)n1-c1ccc(Cl)cc1)N(C)C. The summed E-state index contributed by atoms with van der Waals surface area (Å²) < 4.78 is 6.99. The first-order valence-electron chi connectivity index (χ1n) is 9.50. The van der Waals surface area contributed by atoms with Crippen LogP contribution in [-0.4, -0.2) is 50.3 Å². The highest BCUT2D eigenvalue weighted by Gasteiger charge is 2.22. The summed E-state index contributed by atoms with van der Waals surface area (Å²) in [5, 5.41) is 9.96. The molecule has 0 unspecified atom stereocenters. The molecule has 0 spiro atoms. The monoisotopic (exact) mass is 457 g/mol. The van der Waals surface area contributed by atoms with Gasteiger partial charge in [-0.2, -0.15) is 0 Å². The lowest BCUT2D eigenvalue weighted by Crippen LogP contribution is -2.20. The van der Waals surface area contributed by atoms with E-state index in [1.807, 2.05) is 42.6 Å². The van der Waals surface area contributed by atoms with Crippen molar-refractivity contribution in [1.29, 1.82) is 0 Å². The Hall–Kier alpha value is -2.88. The molecule has 0 bridgehead atoms. The number of thioether (sulfide) groups is 1. The number of carbonyl (C=O) groups excluding carboxylic acids is 1. The predicted octanol–water partition coefficient (Wildman–Crippen LogP) is 3.95. The van der Waals surface area contributed by atoms with Crippen molar-refractivity contribution in [2.45, 2.75) is 18.1 Å². The third-order valence-electron chi connectivity index (χ3n) is 4.97. The first-order valence-corrected chi connectivity index (χ1v) is 10.9. The summed E-state index contributed by atoms with van der Waals surface area (Å²) in [4.78, 5) is 28.7. The van der Waals surface area contributed by atoms with Crippen molar-refractivity contribution in [3.8, 4) is 5.69 Å². The molecule has 0 saturated carbocycles. The standard InChI is InChI=1S/C21H20ClN5O3S/c1-12(26(2)3)19-24-25-20(27(19)15-7-5-14(22)6-8-15)31-11-17(28)13-4-9-16-18(10-13)30-21(29)23-16/h4-10,12H,11H2,1-3H3,(H,23,29)/t12-/m1/s1. The molecule has 1 atom stereocenters. The molecular formula is C21H20ClN5O3S. The molecule has 0 radical (unpaired) electrons. The number of nitrogens with zero attached hydrogens (tertiary/aromatic N) is 4. The number of nitrogens with one attached hydrogen (secondary N) is 1. The van der Waals surface area contributed by atoms with Crippen LogP contribution in [0.25, 0.3) is 16.8 Å². The van der Waals surface area contributed by atoms with Crippen molar-refractivity contribution in [3.63, 3.8) is 0 Å². The molecule has 31 heavy (non-hydrogen) atoms. The molecule has 2 aromatic carbocycles. The van der Waals surface area contributed by atoms with Gasteiger partial charge in [-0.25, -0.2) is 4.79 Å². The second-order valence-corrected chi connectivity index (χ2v) is 8.61. The largest absolute Gasteiger partial charge is 0.417 e. The lowest BCUT2D eigenvalue weighted by atomic mass is 10.1. The zero-order valence-corrected chi connectivity index (χ0v) is 18.7. The second kappa shape index (κ2) is 8.70. The lowest BCUT2D eigenvalue weighted by Gasteiger charge is -2.20. The van der Waals surface area contributed by atoms with Crippen LogP contribution in [0.5, 0.6) is 0 Å². The Morgan fingerprint density at radius 1 is 1.23 bits per heavy atom. The number of halogens is 1. The zero-order chi connectivity index (χ0) is 22.1. The fraction of sp³-hybridized carbons (Fsp3) is 0.238. The number of benzene rings is 2. The summed E-state index contributed by atoms with van der Waals surface area (Å²) in [5.74, 6) is 0.261. The summed E-state index contributed by atoms with van der Waals surface area (Å²) in [6, 6.07) is 12.3. The number of carbonyl (C=O) groups is 1. The molecule has 4 rings (SSSR count). The number of aromatic amines is 1. The highest BCUT2D eigenvalue weighted by atomic mass is 35.5. The number of ketones is 1. The maximum Gasteiger partial charge on any atom is 0.417 e. The Balaban J connectivity index is 1.61. The van der Waals surface area contributed by atoms with Crippen molar-refractivity contribution in [2.75, 3.05) is 19.8 Å². The maximum atomic E-state index is 12.8. The van der Waals surface area contributed by atoms with E-state index in [0.717, 1.165) is 11.5 Å². The third kappa shape index (κ3) is 4.43. The molecule has 0 saturated heterocycles. The number of oxazole rings is 1. The number of hydrogen-bond donors (Lipinski definition) is 1. The molecule has 1 N–H and O–H groups in total. The first kappa shape index (κ1) is 21.4. The molecule has 0 fully saturated rings. The van der Waals surface area contributed by atoms with E-state index < -0.39 is 5.76 Å². The molecule has 8 nitrogen and oxygen atoms in total. The highest BCUT2D eigenvalue weighted by Crippen LogP contribution is 2.28. The van der Waals surface area contributed by atoms with Gasteiger partial charge in [-0.05, 0) is 63.5 Å². The van der Waals surface area contributed by atoms with Crippen molar-refractivity contribution in [1.82, 2.24) is 24.6 Å². The number of Topliss-reactive ketones (excluding diaryl/α,β-unsaturated/α-hetero) is 1. The first-order chi connectivity index (χ1) is 14.8. The molecule has 10 heteroatoms. The van der Waals surface area contributed by atoms with E-state index in [0.29, 0.717) is 26.8 Å². The van der Waals surface area contributed by atoms with Crippen molar-refractivity contribution >= 4 is 40.2 Å². The van der Waals surface area contributed by atoms with Crippen LogP contribution in [-0.2, 0) is 0 Å². The van der Waals surface area contributed by atoms with Gasteiger partial charge in [0, 0.05) is 16.3 Å². The van der Waals surface area contributed by atoms with E-state index in [2.05, 4.69) is 15.2 Å². The average molecular weight is 458 g/mol. The van der Waals surface area contributed by atoms with Crippen LogP contribution in [0.2, 0.25) is 5.02 Å². The Labute approximate surface area is 187 Å². The van der Waals surface area contributed by atoms with Crippen LogP contribution in [0.3, 0.4) is 0 Å². The van der Waals surface area contributed by atoms with Crippen molar-refractivity contribution < 1.29 is 9.21 Å². The predicted molar refractivity (Wildman–Crippen MR) is 120 cm³/mol. The van der Waals surface area contributed by atoms with Gasteiger partial charge < -0.3 is 4.42 Å². The second-order valence-electron chi connectivity index (χ2n) is 7.23. The molecule has 0 aliphatic heterocycles. The lowest BCUT2D eigenvalue weighted by molar-refractivity contribution is 0.102. The van der Waals surface area contributed by atoms with Gasteiger partial charge in [-0.15, -0.1) is 10.2 Å². The maximum absolute atomic E-state index is 12.8. The van der Waals surface area contributed by atoms with E-state index in [4.69, 9.17) is 16.0 Å². The molecule has 160 valence electrons. The molecule has 0 aliphatic rings. The smallest absolute Gasteiger partial charge is 0.408 e. The Bertz CT molecular complexity index is 1290. The summed E-state index contributed by atoms with van der Waals surface area (Å²) in [6.07, 6.45) is 0. The topological polar surface area (TPSA) is 97.0 Å². The van der Waals surface area contributed by atoms with Gasteiger partial charge in [-0.3, -0.25) is 19.2 Å². The molecule has 4 aromatic rings. The van der Waals surface area contributed by atoms with E-state index in [9.17, 15) is 9.59 Å². The van der Waals surface area contributed by atoms with Crippen molar-refractivity contribution in [2.24, 2.45) is 0 Å².